The van der Waals surface area contributed by atoms with Gasteiger partial charge in [0.05, 0.1) is 6.61 Å². The Labute approximate surface area is 96.7 Å². The first kappa shape index (κ1) is 10.3. The maximum atomic E-state index is 9.45. The molecule has 1 aliphatic heterocycles. The van der Waals surface area contributed by atoms with Crippen molar-refractivity contribution in [2.75, 3.05) is 19.7 Å². The van der Waals surface area contributed by atoms with E-state index in [0.29, 0.717) is 12.5 Å². The Morgan fingerprint density at radius 3 is 2.88 bits per heavy atom. The van der Waals surface area contributed by atoms with Gasteiger partial charge in [-0.05, 0) is 42.9 Å². The van der Waals surface area contributed by atoms with Gasteiger partial charge in [-0.1, -0.05) is 24.3 Å². The number of hydrogen-bond donors (Lipinski definition) is 2. The molecular formula is C14H19NO. The van der Waals surface area contributed by atoms with Gasteiger partial charge < -0.3 is 10.4 Å². The first-order valence-electron chi connectivity index (χ1n) is 6.26. The predicted molar refractivity (Wildman–Crippen MR) is 64.7 cm³/mol. The van der Waals surface area contributed by atoms with Crippen LogP contribution in [0.4, 0.5) is 0 Å². The molecule has 2 heteroatoms. The molecule has 1 aromatic rings. The second-order valence-corrected chi connectivity index (χ2v) is 5.25. The number of aliphatic hydroxyl groups excluding tert-OH is 1. The van der Waals surface area contributed by atoms with Crippen molar-refractivity contribution in [3.05, 3.63) is 35.4 Å². The summed E-state index contributed by atoms with van der Waals surface area (Å²) in [7, 11) is 0. The van der Waals surface area contributed by atoms with E-state index in [1.165, 1.54) is 17.5 Å². The van der Waals surface area contributed by atoms with Crippen molar-refractivity contribution in [2.45, 2.75) is 30.6 Å². The van der Waals surface area contributed by atoms with Crippen LogP contribution in [0.5, 0.6) is 0 Å². The first-order chi connectivity index (χ1) is 7.84. The molecule has 1 saturated carbocycles. The third-order valence-electron chi connectivity index (χ3n) is 4.19. The Bertz CT molecular complexity index is 378. The topological polar surface area (TPSA) is 32.3 Å². The predicted octanol–water partition coefficient (Wildman–Crippen LogP) is 1.79. The molecule has 2 nitrogen and oxygen atoms in total. The number of nitrogens with one attached hydrogen (secondary N) is 1. The van der Waals surface area contributed by atoms with Crippen LogP contribution in [-0.4, -0.2) is 24.8 Å². The lowest BCUT2D eigenvalue weighted by Gasteiger charge is -2.16. The van der Waals surface area contributed by atoms with E-state index < -0.39 is 0 Å². The molecule has 3 rings (SSSR count). The van der Waals surface area contributed by atoms with Crippen molar-refractivity contribution in [1.82, 2.24) is 5.32 Å². The smallest absolute Gasteiger partial charge is 0.0527 e. The minimum atomic E-state index is 0.113. The summed E-state index contributed by atoms with van der Waals surface area (Å²) in [5.41, 5.74) is 2.91. The van der Waals surface area contributed by atoms with Crippen LogP contribution in [0.2, 0.25) is 0 Å². The van der Waals surface area contributed by atoms with E-state index >= 15 is 0 Å². The van der Waals surface area contributed by atoms with Crippen LogP contribution in [0.25, 0.3) is 0 Å². The van der Waals surface area contributed by atoms with Gasteiger partial charge in [0.1, 0.15) is 0 Å². The summed E-state index contributed by atoms with van der Waals surface area (Å²) in [5.74, 6) is 0.675. The quantitative estimate of drug-likeness (QED) is 0.809. The van der Waals surface area contributed by atoms with Gasteiger partial charge in [-0.2, -0.15) is 0 Å². The molecule has 2 aliphatic rings. The van der Waals surface area contributed by atoms with Gasteiger partial charge in [0.15, 0.2) is 0 Å². The van der Waals surface area contributed by atoms with E-state index in [1.54, 1.807) is 0 Å². The molecule has 1 atom stereocenters. The lowest BCUT2D eigenvalue weighted by Crippen LogP contribution is -2.13. The molecule has 1 saturated heterocycles. The minimum Gasteiger partial charge on any atom is -0.395 e. The van der Waals surface area contributed by atoms with Gasteiger partial charge in [-0.25, -0.2) is 0 Å². The summed E-state index contributed by atoms with van der Waals surface area (Å²) < 4.78 is 0. The van der Waals surface area contributed by atoms with Crippen molar-refractivity contribution >= 4 is 0 Å². The molecule has 86 valence electrons. The van der Waals surface area contributed by atoms with Crippen LogP contribution in [0.3, 0.4) is 0 Å². The first-order valence-corrected chi connectivity index (χ1v) is 6.26. The minimum absolute atomic E-state index is 0.113. The highest BCUT2D eigenvalue weighted by molar-refractivity contribution is 5.36. The van der Waals surface area contributed by atoms with E-state index in [2.05, 4.69) is 29.6 Å². The monoisotopic (exact) mass is 217 g/mol. The number of rotatable bonds is 3. The standard InChI is InChI=1S/C14H19NO/c16-10-14(5-6-14)13-3-1-2-11(8-13)12-4-7-15-9-12/h1-3,8,12,15-16H,4-7,9-10H2. The molecule has 1 unspecified atom stereocenters. The molecule has 0 amide bonds. The Morgan fingerprint density at radius 1 is 1.38 bits per heavy atom. The van der Waals surface area contributed by atoms with Crippen molar-refractivity contribution < 1.29 is 5.11 Å². The average Bonchev–Trinajstić information content (AvgIpc) is 2.95. The normalized spacial score (nSPS) is 26.9. The highest BCUT2D eigenvalue weighted by Gasteiger charge is 2.43. The van der Waals surface area contributed by atoms with E-state index in [4.69, 9.17) is 0 Å². The van der Waals surface area contributed by atoms with Crippen LogP contribution < -0.4 is 5.32 Å². The Kier molecular flexibility index (Phi) is 2.49. The van der Waals surface area contributed by atoms with Gasteiger partial charge in [-0.3, -0.25) is 0 Å². The molecule has 0 aromatic heterocycles. The van der Waals surface area contributed by atoms with Gasteiger partial charge >= 0.3 is 0 Å². The highest BCUT2D eigenvalue weighted by Crippen LogP contribution is 2.48. The molecule has 1 aliphatic carbocycles. The van der Waals surface area contributed by atoms with Crippen molar-refractivity contribution in [3.63, 3.8) is 0 Å². The fourth-order valence-electron chi connectivity index (χ4n) is 2.75. The molecule has 0 radical (unpaired) electrons. The van der Waals surface area contributed by atoms with E-state index in [9.17, 15) is 5.11 Å². The second-order valence-electron chi connectivity index (χ2n) is 5.25. The average molecular weight is 217 g/mol. The fraction of sp³-hybridized carbons (Fsp3) is 0.571. The molecular weight excluding hydrogens is 198 g/mol. The van der Waals surface area contributed by atoms with Gasteiger partial charge in [0.25, 0.3) is 0 Å². The van der Waals surface area contributed by atoms with Crippen LogP contribution >= 0.6 is 0 Å². The van der Waals surface area contributed by atoms with E-state index in [1.807, 2.05) is 0 Å². The highest BCUT2D eigenvalue weighted by atomic mass is 16.3. The largest absolute Gasteiger partial charge is 0.395 e. The second kappa shape index (κ2) is 3.86. The van der Waals surface area contributed by atoms with Crippen molar-refractivity contribution in [1.29, 1.82) is 0 Å². The molecule has 0 bridgehead atoms. The van der Waals surface area contributed by atoms with Crippen molar-refractivity contribution in [2.24, 2.45) is 0 Å². The molecule has 1 aromatic carbocycles. The lowest BCUT2D eigenvalue weighted by atomic mass is 9.90. The number of hydrogen-bond acceptors (Lipinski definition) is 2. The Hall–Kier alpha value is -0.860. The summed E-state index contributed by atoms with van der Waals surface area (Å²) >= 11 is 0. The van der Waals surface area contributed by atoms with Crippen molar-refractivity contribution in [3.8, 4) is 0 Å². The summed E-state index contributed by atoms with van der Waals surface area (Å²) in [4.78, 5) is 0. The zero-order chi connectivity index (χ0) is 11.0. The van der Waals surface area contributed by atoms with E-state index in [-0.39, 0.29) is 5.41 Å². The third kappa shape index (κ3) is 1.66. The van der Waals surface area contributed by atoms with Crippen LogP contribution in [0.15, 0.2) is 24.3 Å². The fourth-order valence-corrected chi connectivity index (χ4v) is 2.75. The van der Waals surface area contributed by atoms with Gasteiger partial charge in [0, 0.05) is 12.0 Å². The molecule has 16 heavy (non-hydrogen) atoms. The van der Waals surface area contributed by atoms with Gasteiger partial charge in [0.2, 0.25) is 0 Å². The Balaban J connectivity index is 1.87. The lowest BCUT2D eigenvalue weighted by molar-refractivity contribution is 0.255. The zero-order valence-electron chi connectivity index (χ0n) is 9.58. The van der Waals surface area contributed by atoms with Crippen LogP contribution in [0, 0.1) is 0 Å². The summed E-state index contributed by atoms with van der Waals surface area (Å²) in [6.07, 6.45) is 3.54. The van der Waals surface area contributed by atoms with E-state index in [0.717, 1.165) is 25.9 Å². The number of benzene rings is 1. The summed E-state index contributed by atoms with van der Waals surface area (Å²) in [5, 5.41) is 12.9. The Morgan fingerprint density at radius 2 is 2.25 bits per heavy atom. The SMILES string of the molecule is OCC1(c2cccc(C3CCNC3)c2)CC1. The number of aliphatic hydroxyl groups is 1. The maximum absolute atomic E-state index is 9.45. The summed E-state index contributed by atoms with van der Waals surface area (Å²) in [6.45, 7) is 2.55. The maximum Gasteiger partial charge on any atom is 0.0527 e. The zero-order valence-corrected chi connectivity index (χ0v) is 9.58. The molecule has 1 heterocycles. The molecule has 0 spiro atoms. The summed E-state index contributed by atoms with van der Waals surface area (Å²) in [6, 6.07) is 8.88. The van der Waals surface area contributed by atoms with Crippen LogP contribution in [0.1, 0.15) is 36.3 Å². The van der Waals surface area contributed by atoms with Gasteiger partial charge in [-0.15, -0.1) is 0 Å². The van der Waals surface area contributed by atoms with Crippen LogP contribution in [-0.2, 0) is 5.41 Å². The molecule has 2 N–H and O–H groups in total. The molecule has 2 fully saturated rings. The third-order valence-corrected chi connectivity index (χ3v) is 4.19.